The molecule has 1 amide bonds. The van der Waals surface area contributed by atoms with E-state index in [1.54, 1.807) is 0 Å². The van der Waals surface area contributed by atoms with E-state index < -0.39 is 0 Å². The number of rotatable bonds is 5. The van der Waals surface area contributed by atoms with Gasteiger partial charge in [0.15, 0.2) is 0 Å². The number of hydrogen-bond acceptors (Lipinski definition) is 2. The van der Waals surface area contributed by atoms with Crippen molar-refractivity contribution < 1.29 is 4.79 Å². The largest absolute Gasteiger partial charge is 0.336 e. The van der Waals surface area contributed by atoms with Gasteiger partial charge in [-0.25, -0.2) is 0 Å². The second-order valence-electron chi connectivity index (χ2n) is 6.66. The lowest BCUT2D eigenvalue weighted by Gasteiger charge is -2.36. The monoisotopic (exact) mass is 325 g/mol. The van der Waals surface area contributed by atoms with E-state index in [1.165, 1.54) is 12.0 Å². The van der Waals surface area contributed by atoms with Crippen molar-refractivity contribution in [2.45, 2.75) is 58.5 Å². The number of hydrogen-bond donors (Lipinski definition) is 0. The molecule has 1 aromatic heterocycles. The summed E-state index contributed by atoms with van der Waals surface area (Å²) in [6.07, 6.45) is 7.41. The highest BCUT2D eigenvalue weighted by Crippen LogP contribution is 2.24. The Bertz CT molecular complexity index is 677. The van der Waals surface area contributed by atoms with Crippen LogP contribution in [0.3, 0.4) is 0 Å². The Balaban J connectivity index is 1.71. The predicted octanol–water partition coefficient (Wildman–Crippen LogP) is 3.84. The van der Waals surface area contributed by atoms with Crippen LogP contribution in [-0.4, -0.2) is 33.2 Å². The minimum atomic E-state index is 0.157. The van der Waals surface area contributed by atoms with Crippen molar-refractivity contribution in [3.05, 3.63) is 53.3 Å². The maximum Gasteiger partial charge on any atom is 0.257 e. The van der Waals surface area contributed by atoms with Gasteiger partial charge in [0.05, 0.1) is 11.3 Å². The molecule has 1 aromatic carbocycles. The smallest absolute Gasteiger partial charge is 0.257 e. The fourth-order valence-corrected chi connectivity index (χ4v) is 3.59. The molecule has 0 spiro atoms. The Labute approximate surface area is 144 Å². The third kappa shape index (κ3) is 3.69. The fraction of sp³-hybridized carbons (Fsp3) is 0.500. The summed E-state index contributed by atoms with van der Waals surface area (Å²) in [6.45, 7) is 5.65. The van der Waals surface area contributed by atoms with Gasteiger partial charge < -0.3 is 4.90 Å². The average molecular weight is 325 g/mol. The normalized spacial score (nSPS) is 17.9. The Hall–Kier alpha value is -2.10. The topological polar surface area (TPSA) is 38.1 Å². The molecule has 2 heterocycles. The van der Waals surface area contributed by atoms with Crippen molar-refractivity contribution in [1.29, 1.82) is 0 Å². The number of likely N-dealkylation sites (tertiary alicyclic amines) is 1. The first-order valence-electron chi connectivity index (χ1n) is 9.08. The average Bonchev–Trinajstić information content (AvgIpc) is 3.01. The maximum absolute atomic E-state index is 13.0. The summed E-state index contributed by atoms with van der Waals surface area (Å²) in [4.78, 5) is 15.1. The van der Waals surface area contributed by atoms with Crippen LogP contribution in [-0.2, 0) is 13.0 Å². The first kappa shape index (κ1) is 16.7. The second-order valence-corrected chi connectivity index (χ2v) is 6.66. The highest BCUT2D eigenvalue weighted by Gasteiger charge is 2.29. The third-order valence-electron chi connectivity index (χ3n) is 5.00. The van der Waals surface area contributed by atoms with Crippen LogP contribution in [0.1, 0.15) is 54.2 Å². The Morgan fingerprint density at radius 3 is 2.75 bits per heavy atom. The molecule has 1 atom stereocenters. The third-order valence-corrected chi connectivity index (χ3v) is 5.00. The molecule has 24 heavy (non-hydrogen) atoms. The van der Waals surface area contributed by atoms with Crippen LogP contribution < -0.4 is 0 Å². The first-order valence-corrected chi connectivity index (χ1v) is 9.08. The summed E-state index contributed by atoms with van der Waals surface area (Å²) in [7, 11) is 0. The molecule has 2 aromatic rings. The molecule has 1 aliphatic heterocycles. The molecule has 1 saturated heterocycles. The predicted molar refractivity (Wildman–Crippen MR) is 96.1 cm³/mol. The van der Waals surface area contributed by atoms with Gasteiger partial charge >= 0.3 is 0 Å². The molecule has 0 N–H and O–H groups in total. The van der Waals surface area contributed by atoms with E-state index in [1.807, 2.05) is 30.8 Å². The molecular formula is C20H27N3O. The van der Waals surface area contributed by atoms with Crippen LogP contribution in [0.2, 0.25) is 0 Å². The number of piperidine rings is 1. The zero-order valence-electron chi connectivity index (χ0n) is 14.7. The number of aryl methyl sites for hydroxylation is 3. The van der Waals surface area contributed by atoms with Crippen LogP contribution in [0.4, 0.5) is 0 Å². The summed E-state index contributed by atoms with van der Waals surface area (Å²) < 4.78 is 1.85. The number of carbonyl (C=O) groups excluding carboxylic acids is 1. The van der Waals surface area contributed by atoms with Gasteiger partial charge in [-0.15, -0.1) is 0 Å². The van der Waals surface area contributed by atoms with Gasteiger partial charge in [0.2, 0.25) is 0 Å². The minimum Gasteiger partial charge on any atom is -0.336 e. The quantitative estimate of drug-likeness (QED) is 0.838. The molecule has 1 fully saturated rings. The van der Waals surface area contributed by atoms with Crippen molar-refractivity contribution in [3.8, 4) is 0 Å². The molecule has 0 bridgehead atoms. The summed E-state index contributed by atoms with van der Waals surface area (Å²) in [5, 5.41) is 4.43. The van der Waals surface area contributed by atoms with Gasteiger partial charge in [-0.3, -0.25) is 9.48 Å². The molecule has 0 aliphatic carbocycles. The molecule has 0 saturated carbocycles. The van der Waals surface area contributed by atoms with Crippen molar-refractivity contribution in [2.24, 2.45) is 0 Å². The number of aromatic nitrogens is 2. The molecule has 4 nitrogen and oxygen atoms in total. The van der Waals surface area contributed by atoms with Crippen LogP contribution in [0.5, 0.6) is 0 Å². The lowest BCUT2D eigenvalue weighted by Crippen LogP contribution is -2.44. The van der Waals surface area contributed by atoms with Crippen LogP contribution in [0.15, 0.2) is 36.5 Å². The van der Waals surface area contributed by atoms with E-state index >= 15 is 0 Å². The minimum absolute atomic E-state index is 0.157. The van der Waals surface area contributed by atoms with Gasteiger partial charge in [0.1, 0.15) is 0 Å². The van der Waals surface area contributed by atoms with Gasteiger partial charge in [-0.2, -0.15) is 5.10 Å². The fourth-order valence-electron chi connectivity index (χ4n) is 3.59. The van der Waals surface area contributed by atoms with Gasteiger partial charge in [0, 0.05) is 25.3 Å². The van der Waals surface area contributed by atoms with Crippen molar-refractivity contribution in [2.75, 3.05) is 6.54 Å². The van der Waals surface area contributed by atoms with Crippen LogP contribution in [0, 0.1) is 6.92 Å². The number of carbonyl (C=O) groups is 1. The molecule has 1 aliphatic rings. The summed E-state index contributed by atoms with van der Waals surface area (Å²) in [5.74, 6) is 0.157. The Morgan fingerprint density at radius 1 is 1.25 bits per heavy atom. The summed E-state index contributed by atoms with van der Waals surface area (Å²) in [5.41, 5.74) is 2.96. The van der Waals surface area contributed by atoms with Gasteiger partial charge in [-0.05, 0) is 51.5 Å². The lowest BCUT2D eigenvalue weighted by molar-refractivity contribution is 0.0601. The number of benzene rings is 1. The summed E-state index contributed by atoms with van der Waals surface area (Å²) >= 11 is 0. The van der Waals surface area contributed by atoms with E-state index in [-0.39, 0.29) is 5.91 Å². The maximum atomic E-state index is 13.0. The van der Waals surface area contributed by atoms with Gasteiger partial charge in [-0.1, -0.05) is 30.3 Å². The van der Waals surface area contributed by atoms with E-state index in [0.717, 1.165) is 50.0 Å². The zero-order valence-corrected chi connectivity index (χ0v) is 14.7. The lowest BCUT2D eigenvalue weighted by atomic mass is 9.95. The van der Waals surface area contributed by atoms with Crippen molar-refractivity contribution in [3.63, 3.8) is 0 Å². The SMILES string of the molecule is CCn1cc(C(=O)N2CCCC[C@H]2CCc2ccccc2)c(C)n1. The van der Waals surface area contributed by atoms with Crippen LogP contribution >= 0.6 is 0 Å². The van der Waals surface area contributed by atoms with E-state index in [2.05, 4.69) is 34.3 Å². The van der Waals surface area contributed by atoms with E-state index in [0.29, 0.717) is 6.04 Å². The van der Waals surface area contributed by atoms with Crippen LogP contribution in [0.25, 0.3) is 0 Å². The molecule has 3 rings (SSSR count). The molecule has 0 unspecified atom stereocenters. The van der Waals surface area contributed by atoms with E-state index in [9.17, 15) is 4.79 Å². The van der Waals surface area contributed by atoms with E-state index in [4.69, 9.17) is 0 Å². The molecular weight excluding hydrogens is 298 g/mol. The molecule has 0 radical (unpaired) electrons. The molecule has 4 heteroatoms. The molecule has 128 valence electrons. The Morgan fingerprint density at radius 2 is 2.04 bits per heavy atom. The Kier molecular flexibility index (Phi) is 5.34. The van der Waals surface area contributed by atoms with Crippen molar-refractivity contribution >= 4 is 5.91 Å². The zero-order chi connectivity index (χ0) is 16.9. The highest BCUT2D eigenvalue weighted by molar-refractivity contribution is 5.95. The van der Waals surface area contributed by atoms with Crippen molar-refractivity contribution in [1.82, 2.24) is 14.7 Å². The summed E-state index contributed by atoms with van der Waals surface area (Å²) in [6, 6.07) is 10.9. The first-order chi connectivity index (χ1) is 11.7. The number of nitrogens with zero attached hydrogens (tertiary/aromatic N) is 3. The number of amides is 1. The van der Waals surface area contributed by atoms with Gasteiger partial charge in [0.25, 0.3) is 5.91 Å². The highest BCUT2D eigenvalue weighted by atomic mass is 16.2. The second kappa shape index (κ2) is 7.65. The standard InChI is InChI=1S/C20H27N3O/c1-3-22-15-19(16(2)21-22)20(24)23-14-8-7-11-18(23)13-12-17-9-5-4-6-10-17/h4-6,9-10,15,18H,3,7-8,11-14H2,1-2H3/t18-/m0/s1.